The summed E-state index contributed by atoms with van der Waals surface area (Å²) in [5.41, 5.74) is -0.173. The minimum atomic E-state index is -0.976. The molecule has 2 aromatic rings. The highest BCUT2D eigenvalue weighted by Crippen LogP contribution is 2.19. The van der Waals surface area contributed by atoms with Gasteiger partial charge in [-0.25, -0.2) is 4.79 Å². The third kappa shape index (κ3) is 4.25. The van der Waals surface area contributed by atoms with Gasteiger partial charge in [-0.3, -0.25) is 9.59 Å². The van der Waals surface area contributed by atoms with Crippen molar-refractivity contribution in [3.63, 3.8) is 0 Å². The first-order valence-electron chi connectivity index (χ1n) is 8.69. The summed E-state index contributed by atoms with van der Waals surface area (Å²) in [6.07, 6.45) is 4.26. The third-order valence-electron chi connectivity index (χ3n) is 4.49. The molecule has 0 aliphatic heterocycles. The summed E-state index contributed by atoms with van der Waals surface area (Å²) < 4.78 is 10.6. The lowest BCUT2D eigenvalue weighted by atomic mass is 9.95. The quantitative estimate of drug-likeness (QED) is 0.825. The van der Waals surface area contributed by atoms with Gasteiger partial charge in [-0.2, -0.15) is 0 Å². The summed E-state index contributed by atoms with van der Waals surface area (Å²) in [7, 11) is 0. The van der Waals surface area contributed by atoms with Gasteiger partial charge in [0, 0.05) is 17.1 Å². The van der Waals surface area contributed by atoms with E-state index in [1.807, 2.05) is 0 Å². The van der Waals surface area contributed by atoms with Gasteiger partial charge in [0.25, 0.3) is 5.91 Å². The van der Waals surface area contributed by atoms with E-state index in [9.17, 15) is 14.4 Å². The molecule has 0 saturated heterocycles. The van der Waals surface area contributed by atoms with E-state index in [0.29, 0.717) is 5.02 Å². The fraction of sp³-hybridized carbons (Fsp3) is 0.421. The van der Waals surface area contributed by atoms with Crippen molar-refractivity contribution in [3.8, 4) is 0 Å². The van der Waals surface area contributed by atoms with Crippen LogP contribution in [0.25, 0.3) is 11.0 Å². The Morgan fingerprint density at radius 1 is 1.23 bits per heavy atom. The highest BCUT2D eigenvalue weighted by molar-refractivity contribution is 6.31. The molecule has 0 radical (unpaired) electrons. The predicted molar refractivity (Wildman–Crippen MR) is 97.4 cm³/mol. The van der Waals surface area contributed by atoms with E-state index < -0.39 is 17.5 Å². The zero-order chi connectivity index (χ0) is 18.7. The van der Waals surface area contributed by atoms with Crippen LogP contribution in [0.1, 0.15) is 49.6 Å². The smallest absolute Gasteiger partial charge is 0.375 e. The lowest BCUT2D eigenvalue weighted by Gasteiger charge is -2.24. The summed E-state index contributed by atoms with van der Waals surface area (Å²) in [4.78, 5) is 36.6. The first-order chi connectivity index (χ1) is 12.4. The van der Waals surface area contributed by atoms with Crippen LogP contribution < -0.4 is 10.7 Å². The number of ether oxygens (including phenoxy) is 1. The SMILES string of the molecule is C[C@@H](OC(=O)c1cc(=O)c2cc(Cl)ccc2o1)C(=O)NC1CCCCC1. The number of halogens is 1. The fourth-order valence-electron chi connectivity index (χ4n) is 3.07. The van der Waals surface area contributed by atoms with Crippen molar-refractivity contribution >= 4 is 34.4 Å². The summed E-state index contributed by atoms with van der Waals surface area (Å²) in [6.45, 7) is 1.50. The highest BCUT2D eigenvalue weighted by atomic mass is 35.5. The van der Waals surface area contributed by atoms with Crippen molar-refractivity contribution in [2.45, 2.75) is 51.2 Å². The second-order valence-corrected chi connectivity index (χ2v) is 6.94. The van der Waals surface area contributed by atoms with Crippen LogP contribution >= 0.6 is 11.6 Å². The Balaban J connectivity index is 1.69. The van der Waals surface area contributed by atoms with Crippen molar-refractivity contribution in [1.29, 1.82) is 0 Å². The molecule has 0 spiro atoms. The lowest BCUT2D eigenvalue weighted by molar-refractivity contribution is -0.130. The topological polar surface area (TPSA) is 85.6 Å². The molecule has 3 rings (SSSR count). The number of hydrogen-bond donors (Lipinski definition) is 1. The fourth-order valence-corrected chi connectivity index (χ4v) is 3.24. The molecule has 1 amide bonds. The Morgan fingerprint density at radius 2 is 1.96 bits per heavy atom. The molecule has 1 aromatic carbocycles. The average Bonchev–Trinajstić information content (AvgIpc) is 2.62. The van der Waals surface area contributed by atoms with Gasteiger partial charge >= 0.3 is 5.97 Å². The van der Waals surface area contributed by atoms with Crippen LogP contribution in [-0.2, 0) is 9.53 Å². The molecule has 1 saturated carbocycles. The third-order valence-corrected chi connectivity index (χ3v) is 4.73. The standard InChI is InChI=1S/C19H20ClNO5/c1-11(18(23)21-13-5-3-2-4-6-13)25-19(24)17-10-15(22)14-9-12(20)7-8-16(14)26-17/h7-11,13H,2-6H2,1H3,(H,21,23)/t11-/m1/s1. The van der Waals surface area contributed by atoms with Crippen LogP contribution in [-0.4, -0.2) is 24.0 Å². The Labute approximate surface area is 155 Å². The molecule has 138 valence electrons. The average molecular weight is 378 g/mol. The van der Waals surface area contributed by atoms with Crippen molar-refractivity contribution < 1.29 is 18.7 Å². The van der Waals surface area contributed by atoms with E-state index in [-0.39, 0.29) is 28.7 Å². The van der Waals surface area contributed by atoms with Crippen LogP contribution in [0.5, 0.6) is 0 Å². The number of benzene rings is 1. The normalized spacial score (nSPS) is 16.2. The maximum Gasteiger partial charge on any atom is 0.375 e. The number of fused-ring (bicyclic) bond motifs is 1. The van der Waals surface area contributed by atoms with E-state index in [0.717, 1.165) is 31.7 Å². The molecule has 1 aliphatic rings. The van der Waals surface area contributed by atoms with E-state index in [2.05, 4.69) is 5.32 Å². The second kappa shape index (κ2) is 7.91. The molecule has 1 fully saturated rings. The molecule has 1 heterocycles. The first kappa shape index (κ1) is 18.5. The zero-order valence-corrected chi connectivity index (χ0v) is 15.2. The van der Waals surface area contributed by atoms with Crippen molar-refractivity contribution in [2.24, 2.45) is 0 Å². The molecule has 6 nitrogen and oxygen atoms in total. The summed E-state index contributed by atoms with van der Waals surface area (Å²) in [5.74, 6) is -1.45. The number of amides is 1. The maximum atomic E-state index is 12.3. The Bertz CT molecular complexity index is 885. The monoisotopic (exact) mass is 377 g/mol. The molecule has 0 bridgehead atoms. The Kier molecular flexibility index (Phi) is 5.61. The minimum Gasteiger partial charge on any atom is -0.449 e. The number of carbonyl (C=O) groups excluding carboxylic acids is 2. The number of esters is 1. The van der Waals surface area contributed by atoms with Crippen LogP contribution in [0.4, 0.5) is 0 Å². The van der Waals surface area contributed by atoms with Gasteiger partial charge in [0.05, 0.1) is 5.39 Å². The molecular formula is C19H20ClNO5. The van der Waals surface area contributed by atoms with Gasteiger partial charge < -0.3 is 14.5 Å². The van der Waals surface area contributed by atoms with Crippen molar-refractivity contribution in [1.82, 2.24) is 5.32 Å². The van der Waals surface area contributed by atoms with Crippen molar-refractivity contribution in [3.05, 3.63) is 45.3 Å². The van der Waals surface area contributed by atoms with Gasteiger partial charge in [-0.1, -0.05) is 30.9 Å². The largest absolute Gasteiger partial charge is 0.449 e. The maximum absolute atomic E-state index is 12.3. The lowest BCUT2D eigenvalue weighted by Crippen LogP contribution is -2.42. The van der Waals surface area contributed by atoms with Crippen molar-refractivity contribution in [2.75, 3.05) is 0 Å². The highest BCUT2D eigenvalue weighted by Gasteiger charge is 2.24. The van der Waals surface area contributed by atoms with Crippen LogP contribution in [0.3, 0.4) is 0 Å². The van der Waals surface area contributed by atoms with Crippen LogP contribution in [0.2, 0.25) is 5.02 Å². The van der Waals surface area contributed by atoms with E-state index in [4.69, 9.17) is 20.8 Å². The van der Waals surface area contributed by atoms with E-state index >= 15 is 0 Å². The number of hydrogen-bond acceptors (Lipinski definition) is 5. The Hall–Kier alpha value is -2.34. The van der Waals surface area contributed by atoms with Gasteiger partial charge in [0.15, 0.2) is 11.5 Å². The van der Waals surface area contributed by atoms with Gasteiger partial charge in [0.2, 0.25) is 5.76 Å². The zero-order valence-electron chi connectivity index (χ0n) is 14.4. The molecule has 0 unspecified atom stereocenters. The van der Waals surface area contributed by atoms with Gasteiger partial charge in [-0.05, 0) is 38.0 Å². The van der Waals surface area contributed by atoms with Gasteiger partial charge in [-0.15, -0.1) is 0 Å². The molecule has 1 atom stereocenters. The molecule has 26 heavy (non-hydrogen) atoms. The summed E-state index contributed by atoms with van der Waals surface area (Å²) in [5, 5.41) is 3.57. The molecular weight excluding hydrogens is 358 g/mol. The molecule has 1 N–H and O–H groups in total. The summed E-state index contributed by atoms with van der Waals surface area (Å²) >= 11 is 5.86. The predicted octanol–water partition coefficient (Wildman–Crippen LogP) is 3.44. The van der Waals surface area contributed by atoms with Crippen LogP contribution in [0.15, 0.2) is 33.5 Å². The number of rotatable bonds is 4. The minimum absolute atomic E-state index is 0.126. The Morgan fingerprint density at radius 3 is 2.69 bits per heavy atom. The number of nitrogens with one attached hydrogen (secondary N) is 1. The molecule has 1 aromatic heterocycles. The van der Waals surface area contributed by atoms with E-state index in [1.165, 1.54) is 25.5 Å². The van der Waals surface area contributed by atoms with Crippen LogP contribution in [0, 0.1) is 0 Å². The van der Waals surface area contributed by atoms with Gasteiger partial charge in [0.1, 0.15) is 5.58 Å². The second-order valence-electron chi connectivity index (χ2n) is 6.51. The summed E-state index contributed by atoms with van der Waals surface area (Å²) in [6, 6.07) is 5.71. The molecule has 7 heteroatoms. The van der Waals surface area contributed by atoms with E-state index in [1.54, 1.807) is 6.07 Å². The molecule has 1 aliphatic carbocycles. The number of carbonyl (C=O) groups is 2. The first-order valence-corrected chi connectivity index (χ1v) is 9.06.